The van der Waals surface area contributed by atoms with Gasteiger partial charge in [-0.2, -0.15) is 0 Å². The van der Waals surface area contributed by atoms with Crippen LogP contribution in [0.4, 0.5) is 0 Å². The van der Waals surface area contributed by atoms with Crippen molar-refractivity contribution in [2.24, 2.45) is 5.73 Å². The van der Waals surface area contributed by atoms with Gasteiger partial charge in [0.25, 0.3) is 5.91 Å². The van der Waals surface area contributed by atoms with Crippen LogP contribution in [0.1, 0.15) is 46.4 Å². The van der Waals surface area contributed by atoms with E-state index < -0.39 is 12.0 Å². The molecule has 0 radical (unpaired) electrons. The number of benzene rings is 2. The van der Waals surface area contributed by atoms with Gasteiger partial charge in [0, 0.05) is 44.5 Å². The van der Waals surface area contributed by atoms with Crippen LogP contribution in [-0.4, -0.2) is 56.8 Å². The Morgan fingerprint density at radius 1 is 1.08 bits per heavy atom. The number of primary amides is 1. The molecule has 2 amide bonds. The molecule has 2 aromatic carbocycles. The normalized spacial score (nSPS) is 17.2. The van der Waals surface area contributed by atoms with E-state index in [1.54, 1.807) is 49.2 Å². The molecule has 3 heterocycles. The van der Waals surface area contributed by atoms with Crippen molar-refractivity contribution < 1.29 is 23.5 Å². The van der Waals surface area contributed by atoms with E-state index in [9.17, 15) is 9.59 Å². The molecular formula is C26H24N6O5S. The SMILES string of the molecule is Cc1nnc(-c2ccc(Oc3cc(OC4CCN(C)C4=O)cc(C(N)=O)c3-c3nnc(C4CC4)s3)cc2)o1. The van der Waals surface area contributed by atoms with E-state index in [0.29, 0.717) is 58.5 Å². The molecule has 2 fully saturated rings. The molecule has 2 N–H and O–H groups in total. The zero-order valence-electron chi connectivity index (χ0n) is 20.7. The minimum atomic E-state index is -0.671. The van der Waals surface area contributed by atoms with Crippen LogP contribution in [0.15, 0.2) is 40.8 Å². The van der Waals surface area contributed by atoms with Crippen LogP contribution in [0.5, 0.6) is 17.2 Å². The van der Waals surface area contributed by atoms with Crippen LogP contribution in [-0.2, 0) is 4.79 Å². The van der Waals surface area contributed by atoms with Gasteiger partial charge in [0.1, 0.15) is 22.3 Å². The molecule has 0 spiro atoms. The van der Waals surface area contributed by atoms with Crippen LogP contribution in [0.3, 0.4) is 0 Å². The largest absolute Gasteiger partial charge is 0.480 e. The summed E-state index contributed by atoms with van der Waals surface area (Å²) < 4.78 is 17.8. The lowest BCUT2D eigenvalue weighted by molar-refractivity contribution is -0.132. The second-order valence-corrected chi connectivity index (χ2v) is 10.3. The molecule has 1 aliphatic heterocycles. The Hall–Kier alpha value is -4.32. The fourth-order valence-corrected chi connectivity index (χ4v) is 5.33. The summed E-state index contributed by atoms with van der Waals surface area (Å²) in [6.07, 6.45) is 2.03. The number of aromatic nitrogens is 4. The quantitative estimate of drug-likeness (QED) is 0.356. The van der Waals surface area contributed by atoms with E-state index >= 15 is 0 Å². The topological polar surface area (TPSA) is 147 Å². The summed E-state index contributed by atoms with van der Waals surface area (Å²) in [5.74, 6) is 1.58. The first-order valence-electron chi connectivity index (χ1n) is 12.2. The van der Waals surface area contributed by atoms with Gasteiger partial charge in [0.05, 0.1) is 11.1 Å². The van der Waals surface area contributed by atoms with Crippen molar-refractivity contribution in [1.29, 1.82) is 0 Å². The molecule has 1 aliphatic carbocycles. The average Bonchev–Trinajstić information content (AvgIpc) is 3.33. The van der Waals surface area contributed by atoms with Gasteiger partial charge in [-0.1, -0.05) is 11.3 Å². The highest BCUT2D eigenvalue weighted by Gasteiger charge is 2.33. The molecule has 12 heteroatoms. The third-order valence-corrected chi connectivity index (χ3v) is 7.54. The Morgan fingerprint density at radius 3 is 2.50 bits per heavy atom. The van der Waals surface area contributed by atoms with E-state index in [1.165, 1.54) is 17.4 Å². The lowest BCUT2D eigenvalue weighted by Gasteiger charge is -2.18. The predicted molar refractivity (Wildman–Crippen MR) is 137 cm³/mol. The first kappa shape index (κ1) is 24.0. The van der Waals surface area contributed by atoms with Gasteiger partial charge in [0.15, 0.2) is 11.1 Å². The Balaban J connectivity index is 1.39. The van der Waals surface area contributed by atoms with Crippen LogP contribution >= 0.6 is 11.3 Å². The fourth-order valence-electron chi connectivity index (χ4n) is 4.25. The number of likely N-dealkylation sites (N-methyl/N-ethyl adjacent to an activating group) is 1. The third-order valence-electron chi connectivity index (χ3n) is 6.43. The number of carbonyl (C=O) groups is 2. The summed E-state index contributed by atoms with van der Waals surface area (Å²) in [6, 6.07) is 10.3. The summed E-state index contributed by atoms with van der Waals surface area (Å²) in [6.45, 7) is 2.31. The number of likely N-dealkylation sites (tertiary alicyclic amines) is 1. The molecule has 4 aromatic rings. The van der Waals surface area contributed by atoms with Crippen molar-refractivity contribution in [3.05, 3.63) is 52.9 Å². The standard InChI is InChI=1S/C26H24N6O5S/c1-13-28-29-23(35-13)14-5-7-16(8-6-14)36-20-12-17(37-19-9-10-32(2)26(19)34)11-18(22(27)33)21(20)25-31-30-24(38-25)15-3-4-15/h5-8,11-12,15,19H,3-4,9-10H2,1-2H3,(H2,27,33). The first-order valence-corrected chi connectivity index (χ1v) is 13.0. The highest BCUT2D eigenvalue weighted by atomic mass is 32.1. The smallest absolute Gasteiger partial charge is 0.263 e. The highest BCUT2D eigenvalue weighted by Crippen LogP contribution is 2.46. The summed E-state index contributed by atoms with van der Waals surface area (Å²) in [5.41, 5.74) is 7.15. The second kappa shape index (κ2) is 9.53. The summed E-state index contributed by atoms with van der Waals surface area (Å²) >= 11 is 1.42. The summed E-state index contributed by atoms with van der Waals surface area (Å²) in [5, 5.41) is 18.0. The van der Waals surface area contributed by atoms with Crippen molar-refractivity contribution in [2.45, 2.75) is 38.2 Å². The van der Waals surface area contributed by atoms with E-state index in [0.717, 1.165) is 23.4 Å². The molecule has 1 unspecified atom stereocenters. The van der Waals surface area contributed by atoms with Gasteiger partial charge in [-0.05, 0) is 43.2 Å². The van der Waals surface area contributed by atoms with Gasteiger partial charge in [-0.3, -0.25) is 9.59 Å². The van der Waals surface area contributed by atoms with Crippen LogP contribution in [0.25, 0.3) is 22.0 Å². The Labute approximate surface area is 221 Å². The molecule has 2 aliphatic rings. The van der Waals surface area contributed by atoms with Gasteiger partial charge in [-0.15, -0.1) is 20.4 Å². The minimum Gasteiger partial charge on any atom is -0.480 e. The number of hydrogen-bond donors (Lipinski definition) is 1. The van der Waals surface area contributed by atoms with E-state index in [-0.39, 0.29) is 11.5 Å². The average molecular weight is 533 g/mol. The van der Waals surface area contributed by atoms with Crippen molar-refractivity contribution in [2.75, 3.05) is 13.6 Å². The van der Waals surface area contributed by atoms with Crippen LogP contribution in [0.2, 0.25) is 0 Å². The van der Waals surface area contributed by atoms with E-state index in [1.807, 2.05) is 0 Å². The molecule has 11 nitrogen and oxygen atoms in total. The van der Waals surface area contributed by atoms with Crippen molar-refractivity contribution in [3.63, 3.8) is 0 Å². The summed E-state index contributed by atoms with van der Waals surface area (Å²) in [7, 11) is 1.73. The molecule has 38 heavy (non-hydrogen) atoms. The lowest BCUT2D eigenvalue weighted by atomic mass is 10.1. The van der Waals surface area contributed by atoms with Gasteiger partial charge < -0.3 is 24.5 Å². The monoisotopic (exact) mass is 532 g/mol. The lowest BCUT2D eigenvalue weighted by Crippen LogP contribution is -2.29. The molecule has 1 atom stereocenters. The number of aryl methyl sites for hydroxylation is 1. The fraction of sp³-hybridized carbons (Fsp3) is 0.308. The molecule has 0 bridgehead atoms. The number of amides is 2. The van der Waals surface area contributed by atoms with Gasteiger partial charge >= 0.3 is 0 Å². The number of rotatable bonds is 8. The molecule has 1 saturated heterocycles. The van der Waals surface area contributed by atoms with Crippen molar-refractivity contribution >= 4 is 23.2 Å². The zero-order chi connectivity index (χ0) is 26.4. The second-order valence-electron chi connectivity index (χ2n) is 9.34. The number of ether oxygens (including phenoxy) is 2. The first-order chi connectivity index (χ1) is 18.4. The zero-order valence-corrected chi connectivity index (χ0v) is 21.5. The van der Waals surface area contributed by atoms with Gasteiger partial charge in [0.2, 0.25) is 17.7 Å². The molecule has 6 rings (SSSR count). The Morgan fingerprint density at radius 2 is 1.87 bits per heavy atom. The molecule has 194 valence electrons. The minimum absolute atomic E-state index is 0.123. The highest BCUT2D eigenvalue weighted by molar-refractivity contribution is 7.14. The number of carbonyl (C=O) groups excluding carboxylic acids is 2. The Bertz CT molecular complexity index is 1530. The van der Waals surface area contributed by atoms with E-state index in [2.05, 4.69) is 20.4 Å². The maximum atomic E-state index is 12.6. The van der Waals surface area contributed by atoms with Crippen LogP contribution < -0.4 is 15.2 Å². The maximum Gasteiger partial charge on any atom is 0.263 e. The van der Waals surface area contributed by atoms with Crippen molar-refractivity contribution in [3.8, 4) is 39.3 Å². The molecular weight excluding hydrogens is 508 g/mol. The predicted octanol–water partition coefficient (Wildman–Crippen LogP) is 3.94. The molecule has 1 saturated carbocycles. The molecule has 2 aromatic heterocycles. The number of nitrogens with two attached hydrogens (primary N) is 1. The van der Waals surface area contributed by atoms with E-state index in [4.69, 9.17) is 19.6 Å². The number of hydrogen-bond acceptors (Lipinski definition) is 10. The van der Waals surface area contributed by atoms with Gasteiger partial charge in [-0.25, -0.2) is 0 Å². The maximum absolute atomic E-state index is 12.6. The van der Waals surface area contributed by atoms with Crippen molar-refractivity contribution in [1.82, 2.24) is 25.3 Å². The number of nitrogens with zero attached hydrogens (tertiary/aromatic N) is 5. The third kappa shape index (κ3) is 4.70. The van der Waals surface area contributed by atoms with Crippen LogP contribution in [0, 0.1) is 6.92 Å². The Kier molecular flexibility index (Phi) is 6.03. The summed E-state index contributed by atoms with van der Waals surface area (Å²) in [4.78, 5) is 26.7.